The first-order valence-electron chi connectivity index (χ1n) is 20.8. The molecule has 1 aromatic heterocycles. The van der Waals surface area contributed by atoms with Crippen molar-refractivity contribution in [3.63, 3.8) is 0 Å². The van der Waals surface area contributed by atoms with Crippen LogP contribution in [0.2, 0.25) is 0 Å². The van der Waals surface area contributed by atoms with Crippen LogP contribution in [0, 0.1) is 35.5 Å². The second-order valence-corrected chi connectivity index (χ2v) is 16.6. The van der Waals surface area contributed by atoms with E-state index in [-0.39, 0.29) is 36.5 Å². The molecule has 0 amide bonds. The fourth-order valence-corrected chi connectivity index (χ4v) is 9.51. The van der Waals surface area contributed by atoms with Gasteiger partial charge in [0.05, 0.1) is 25.1 Å². The molecule has 2 aliphatic carbocycles. The molecule has 2 aliphatic heterocycles. The average molecular weight is 771 g/mol. The molecule has 0 radical (unpaired) electrons. The summed E-state index contributed by atoms with van der Waals surface area (Å²) in [4.78, 5) is 28.8. The number of aromatic hydroxyl groups is 1. The Morgan fingerprint density at radius 3 is 2.70 bits per heavy atom. The lowest BCUT2D eigenvalue weighted by molar-refractivity contribution is -0.124. The van der Waals surface area contributed by atoms with E-state index >= 15 is 0 Å². The number of nitrogens with two attached hydrogens (primary N) is 1. The first-order valence-corrected chi connectivity index (χ1v) is 20.8. The monoisotopic (exact) mass is 770 g/mol. The number of ketones is 2. The summed E-state index contributed by atoms with van der Waals surface area (Å²) >= 11 is 0. The number of Topliss-reactive ketones (excluding diaryl/α,β-unsaturated/α-hetero) is 2. The molecule has 56 heavy (non-hydrogen) atoms. The van der Waals surface area contributed by atoms with Crippen molar-refractivity contribution >= 4 is 11.6 Å². The van der Waals surface area contributed by atoms with Gasteiger partial charge in [-0.3, -0.25) is 9.59 Å². The van der Waals surface area contributed by atoms with E-state index in [9.17, 15) is 30.0 Å². The molecular weight excluding hydrogens is 709 g/mol. The number of rotatable bonds is 17. The number of aromatic amines is 1. The number of fused-ring (bicyclic) bond motifs is 2. The molecule has 2 aromatic rings. The minimum Gasteiger partial charge on any atom is -0.504 e. The van der Waals surface area contributed by atoms with E-state index in [4.69, 9.17) is 10.5 Å². The second-order valence-electron chi connectivity index (χ2n) is 16.6. The highest BCUT2D eigenvalue weighted by atomic mass is 16.5. The van der Waals surface area contributed by atoms with E-state index in [1.807, 2.05) is 18.5 Å². The van der Waals surface area contributed by atoms with Crippen LogP contribution >= 0.6 is 0 Å². The molecule has 1 saturated heterocycles. The van der Waals surface area contributed by atoms with Crippen molar-refractivity contribution in [1.82, 2.24) is 15.6 Å². The number of aliphatic hydroxyl groups is 3. The SMILES string of the molecule is COc1cc2c(cc1O)C(CCC(O)CCC1=C(Cc3cc[nH]c3)CNC(N)=C1)C#CC(C(O)CCCC(CCO)C1CNC3CC(=O)CCC3C1)C(=O)CC2. The molecule has 304 valence electrons. The summed E-state index contributed by atoms with van der Waals surface area (Å²) in [7, 11) is 1.50. The number of phenolic OH excluding ortho intramolecular Hbond substituents is 1. The van der Waals surface area contributed by atoms with Crippen LogP contribution in [0.25, 0.3) is 0 Å². The Morgan fingerprint density at radius 1 is 1.05 bits per heavy atom. The van der Waals surface area contributed by atoms with Crippen molar-refractivity contribution < 1.29 is 34.8 Å². The lowest BCUT2D eigenvalue weighted by atomic mass is 9.71. The number of nitrogens with one attached hydrogen (secondary N) is 3. The molecule has 4 aliphatic rings. The fourth-order valence-electron chi connectivity index (χ4n) is 9.51. The number of allylic oxidation sites excluding steroid dienone is 2. The highest BCUT2D eigenvalue weighted by Crippen LogP contribution is 2.39. The van der Waals surface area contributed by atoms with E-state index in [1.165, 1.54) is 18.2 Å². The summed E-state index contributed by atoms with van der Waals surface area (Å²) in [6.45, 7) is 1.61. The molecule has 8 unspecified atom stereocenters. The summed E-state index contributed by atoms with van der Waals surface area (Å²) in [5, 5.41) is 50.3. The van der Waals surface area contributed by atoms with Gasteiger partial charge in [0.2, 0.25) is 0 Å². The number of piperidine rings is 1. The van der Waals surface area contributed by atoms with Crippen molar-refractivity contribution in [2.45, 2.75) is 120 Å². The standard InChI is InChI=1S/C45H62N4O7/c1-56-44-21-32-9-14-42(54)38(41(53)4-2-3-29(16-18-50)35-20-33-7-12-37(52)23-40(33)48-26-35)13-8-30(39(32)24-43(44)55)5-10-36(51)11-6-31-22-45(46)49-27-34(31)19-28-15-17-47-25-28/h15,17,21-22,24-25,29-30,33,35-36,38,40-41,47-51,53,55H,2-7,9-12,14,16,18-20,23,26-27,46H2,1H3. The molecule has 11 nitrogen and oxygen atoms in total. The average Bonchev–Trinajstić information content (AvgIpc) is 3.72. The zero-order valence-electron chi connectivity index (χ0n) is 32.9. The van der Waals surface area contributed by atoms with Gasteiger partial charge < -0.3 is 46.5 Å². The number of carbonyl (C=O) groups excluding carboxylic acids is 2. The van der Waals surface area contributed by atoms with E-state index in [0.29, 0.717) is 106 Å². The van der Waals surface area contributed by atoms with Gasteiger partial charge in [-0.2, -0.15) is 0 Å². The third-order valence-electron chi connectivity index (χ3n) is 12.8. The Hall–Kier alpha value is -4.08. The first-order chi connectivity index (χ1) is 27.1. The van der Waals surface area contributed by atoms with Gasteiger partial charge in [0.15, 0.2) is 17.3 Å². The van der Waals surface area contributed by atoms with Gasteiger partial charge in [-0.1, -0.05) is 18.3 Å². The number of hydrogen-bond donors (Lipinski definition) is 8. The Balaban J connectivity index is 1.11. The zero-order valence-corrected chi connectivity index (χ0v) is 32.9. The van der Waals surface area contributed by atoms with Crippen LogP contribution in [0.4, 0.5) is 0 Å². The minimum atomic E-state index is -0.933. The van der Waals surface area contributed by atoms with Crippen LogP contribution in [0.5, 0.6) is 11.5 Å². The number of aliphatic hydroxyl groups excluding tert-OH is 3. The van der Waals surface area contributed by atoms with Crippen LogP contribution < -0.4 is 21.1 Å². The van der Waals surface area contributed by atoms with Crippen molar-refractivity contribution in [2.24, 2.45) is 29.4 Å². The number of benzene rings is 1. The summed E-state index contributed by atoms with van der Waals surface area (Å²) in [5.41, 5.74) is 11.4. The highest BCUT2D eigenvalue weighted by molar-refractivity contribution is 5.85. The van der Waals surface area contributed by atoms with Gasteiger partial charge in [0.1, 0.15) is 11.7 Å². The number of hydrogen-bond acceptors (Lipinski definition) is 10. The highest BCUT2D eigenvalue weighted by Gasteiger charge is 2.37. The summed E-state index contributed by atoms with van der Waals surface area (Å²) < 4.78 is 5.42. The number of aryl methyl sites for hydroxylation is 1. The molecule has 0 spiro atoms. The summed E-state index contributed by atoms with van der Waals surface area (Å²) in [6.07, 6.45) is 13.8. The van der Waals surface area contributed by atoms with E-state index in [0.717, 1.165) is 48.9 Å². The number of methoxy groups -OCH3 is 1. The van der Waals surface area contributed by atoms with Crippen molar-refractivity contribution in [1.29, 1.82) is 0 Å². The van der Waals surface area contributed by atoms with E-state index < -0.39 is 18.1 Å². The van der Waals surface area contributed by atoms with Gasteiger partial charge >= 0.3 is 0 Å². The van der Waals surface area contributed by atoms with Crippen LogP contribution in [0.1, 0.15) is 106 Å². The predicted octanol–water partition coefficient (Wildman–Crippen LogP) is 4.69. The number of aromatic nitrogens is 1. The maximum absolute atomic E-state index is 13.7. The minimum absolute atomic E-state index is 0.00368. The maximum Gasteiger partial charge on any atom is 0.160 e. The van der Waals surface area contributed by atoms with Gasteiger partial charge in [-0.05, 0) is 147 Å². The topological polar surface area (TPSA) is 190 Å². The maximum atomic E-state index is 13.7. The molecule has 11 heteroatoms. The molecular formula is C45H62N4O7. The van der Waals surface area contributed by atoms with E-state index in [1.54, 1.807) is 12.1 Å². The molecule has 2 fully saturated rings. The predicted molar refractivity (Wildman–Crippen MR) is 216 cm³/mol. The molecule has 6 rings (SSSR count). The van der Waals surface area contributed by atoms with E-state index in [2.05, 4.69) is 33.5 Å². The Bertz CT molecular complexity index is 1780. The van der Waals surface area contributed by atoms with Crippen molar-refractivity contribution in [3.05, 3.63) is 70.3 Å². The van der Waals surface area contributed by atoms with Crippen LogP contribution in [-0.4, -0.2) is 82.0 Å². The molecule has 9 N–H and O–H groups in total. The second kappa shape index (κ2) is 19.9. The third-order valence-corrected chi connectivity index (χ3v) is 12.8. The zero-order chi connectivity index (χ0) is 39.6. The summed E-state index contributed by atoms with van der Waals surface area (Å²) in [6, 6.07) is 5.78. The Morgan fingerprint density at radius 2 is 1.91 bits per heavy atom. The number of carbonyl (C=O) groups is 2. The normalized spacial score (nSPS) is 25.6. The summed E-state index contributed by atoms with van der Waals surface area (Å²) in [5.74, 6) is 7.67. The molecule has 3 heterocycles. The lowest BCUT2D eigenvalue weighted by Gasteiger charge is -2.42. The quantitative estimate of drug-likeness (QED) is 0.105. The number of dihydropyridines is 1. The smallest absolute Gasteiger partial charge is 0.160 e. The van der Waals surface area contributed by atoms with Crippen molar-refractivity contribution in [2.75, 3.05) is 26.8 Å². The third kappa shape index (κ3) is 10.9. The molecule has 0 bridgehead atoms. The fraction of sp³-hybridized carbons (Fsp3) is 0.600. The van der Waals surface area contributed by atoms with Gasteiger partial charge in [0, 0.05) is 56.8 Å². The Labute approximate surface area is 331 Å². The van der Waals surface area contributed by atoms with Crippen LogP contribution in [0.3, 0.4) is 0 Å². The molecule has 1 aromatic carbocycles. The van der Waals surface area contributed by atoms with Crippen LogP contribution in [0.15, 0.2) is 53.6 Å². The molecule has 1 saturated carbocycles. The number of phenols is 1. The lowest BCUT2D eigenvalue weighted by Crippen LogP contribution is -2.50. The van der Waals surface area contributed by atoms with Gasteiger partial charge in [0.25, 0.3) is 0 Å². The van der Waals surface area contributed by atoms with Crippen LogP contribution in [-0.2, 0) is 22.4 Å². The number of ether oxygens (including phenoxy) is 1. The first kappa shape index (κ1) is 41.6. The van der Waals surface area contributed by atoms with Gasteiger partial charge in [-0.15, -0.1) is 0 Å². The van der Waals surface area contributed by atoms with Gasteiger partial charge in [-0.25, -0.2) is 0 Å². The molecule has 8 atom stereocenters. The Kier molecular flexibility index (Phi) is 14.7. The largest absolute Gasteiger partial charge is 0.504 e. The van der Waals surface area contributed by atoms with Crippen molar-refractivity contribution in [3.8, 4) is 23.3 Å². The number of H-pyrrole nitrogens is 1.